The van der Waals surface area contributed by atoms with Crippen LogP contribution in [0.3, 0.4) is 0 Å². The van der Waals surface area contributed by atoms with Crippen molar-refractivity contribution in [3.63, 3.8) is 0 Å². The van der Waals surface area contributed by atoms with Gasteiger partial charge in [0, 0.05) is 18.8 Å². The van der Waals surface area contributed by atoms with Crippen LogP contribution in [0.2, 0.25) is 0 Å². The third kappa shape index (κ3) is 3.27. The van der Waals surface area contributed by atoms with Crippen LogP contribution in [-0.2, 0) is 6.54 Å². The summed E-state index contributed by atoms with van der Waals surface area (Å²) in [6, 6.07) is 9.64. The van der Waals surface area contributed by atoms with E-state index in [4.69, 9.17) is 0 Å². The molecular formula is C16H18N6O2. The minimum Gasteiger partial charge on any atom is -0.365 e. The maximum absolute atomic E-state index is 12.4. The van der Waals surface area contributed by atoms with Crippen molar-refractivity contribution in [3.8, 4) is 0 Å². The van der Waals surface area contributed by atoms with Crippen LogP contribution in [0.5, 0.6) is 0 Å². The van der Waals surface area contributed by atoms with Crippen LogP contribution in [0.25, 0.3) is 5.65 Å². The number of rotatable bonds is 5. The topological polar surface area (TPSA) is 104 Å². The summed E-state index contributed by atoms with van der Waals surface area (Å²) in [6.45, 7) is 4.25. The number of carbonyl (C=O) groups excluding carboxylic acids is 1. The Morgan fingerprint density at radius 3 is 2.75 bits per heavy atom. The molecule has 124 valence electrons. The van der Waals surface area contributed by atoms with Gasteiger partial charge in [-0.3, -0.25) is 4.79 Å². The van der Waals surface area contributed by atoms with Gasteiger partial charge in [0.25, 0.3) is 5.91 Å². The summed E-state index contributed by atoms with van der Waals surface area (Å²) in [7, 11) is 0. The number of nitrogens with one attached hydrogen (secondary N) is 3. The lowest BCUT2D eigenvalue weighted by molar-refractivity contribution is 0.0945. The minimum absolute atomic E-state index is 0.0794. The van der Waals surface area contributed by atoms with Crippen molar-refractivity contribution in [2.75, 3.05) is 5.32 Å². The first-order valence-corrected chi connectivity index (χ1v) is 7.61. The first-order valence-electron chi connectivity index (χ1n) is 7.61. The number of anilines is 1. The van der Waals surface area contributed by atoms with Crippen LogP contribution in [0, 0.1) is 0 Å². The molecule has 3 N–H and O–H groups in total. The lowest BCUT2D eigenvalue weighted by Crippen LogP contribution is -2.26. The predicted molar refractivity (Wildman–Crippen MR) is 90.0 cm³/mol. The molecule has 0 saturated heterocycles. The van der Waals surface area contributed by atoms with Gasteiger partial charge in [-0.15, -0.1) is 5.10 Å². The number of nitrogens with zero attached hydrogens (tertiary/aromatic N) is 3. The van der Waals surface area contributed by atoms with Crippen LogP contribution < -0.4 is 16.3 Å². The molecular weight excluding hydrogens is 308 g/mol. The van der Waals surface area contributed by atoms with Gasteiger partial charge < -0.3 is 10.6 Å². The Kier molecular flexibility index (Phi) is 4.28. The van der Waals surface area contributed by atoms with Crippen LogP contribution in [-0.4, -0.2) is 31.5 Å². The highest BCUT2D eigenvalue weighted by Gasteiger charge is 2.15. The summed E-state index contributed by atoms with van der Waals surface area (Å²) in [6.07, 6.45) is 1.38. The number of hydrogen-bond acceptors (Lipinski definition) is 5. The number of aromatic nitrogens is 4. The fourth-order valence-electron chi connectivity index (χ4n) is 2.26. The zero-order valence-corrected chi connectivity index (χ0v) is 13.4. The molecule has 8 heteroatoms. The van der Waals surface area contributed by atoms with Gasteiger partial charge in [-0.1, -0.05) is 30.3 Å². The van der Waals surface area contributed by atoms with E-state index in [0.717, 1.165) is 5.56 Å². The van der Waals surface area contributed by atoms with Gasteiger partial charge in [-0.05, 0) is 19.4 Å². The zero-order valence-electron chi connectivity index (χ0n) is 13.4. The second kappa shape index (κ2) is 6.53. The van der Waals surface area contributed by atoms with E-state index in [9.17, 15) is 9.59 Å². The highest BCUT2D eigenvalue weighted by Crippen LogP contribution is 2.12. The molecule has 0 aliphatic carbocycles. The van der Waals surface area contributed by atoms with Crippen LogP contribution >= 0.6 is 0 Å². The normalized spacial score (nSPS) is 11.0. The molecule has 3 aromatic rings. The molecule has 0 saturated carbocycles. The molecule has 0 atom stereocenters. The summed E-state index contributed by atoms with van der Waals surface area (Å²) >= 11 is 0. The largest absolute Gasteiger partial charge is 0.365 e. The van der Waals surface area contributed by atoms with Crippen LogP contribution in [0.4, 0.5) is 5.82 Å². The van der Waals surface area contributed by atoms with Crippen molar-refractivity contribution < 1.29 is 4.79 Å². The fourth-order valence-corrected chi connectivity index (χ4v) is 2.26. The number of amides is 1. The lowest BCUT2D eigenvalue weighted by atomic mass is 10.2. The first kappa shape index (κ1) is 15.7. The van der Waals surface area contributed by atoms with E-state index in [-0.39, 0.29) is 17.6 Å². The molecule has 0 fully saturated rings. The lowest BCUT2D eigenvalue weighted by Gasteiger charge is -2.11. The maximum Gasteiger partial charge on any atom is 0.347 e. The molecule has 0 aliphatic heterocycles. The first-order chi connectivity index (χ1) is 11.5. The molecule has 0 aliphatic rings. The Hall–Kier alpha value is -3.16. The van der Waals surface area contributed by atoms with E-state index in [0.29, 0.717) is 18.0 Å². The van der Waals surface area contributed by atoms with Gasteiger partial charge in [-0.25, -0.2) is 19.3 Å². The molecule has 2 heterocycles. The van der Waals surface area contributed by atoms with Gasteiger partial charge in [0.1, 0.15) is 5.69 Å². The summed E-state index contributed by atoms with van der Waals surface area (Å²) in [5, 5.41) is 12.2. The van der Waals surface area contributed by atoms with Crippen LogP contribution in [0.1, 0.15) is 29.9 Å². The predicted octanol–water partition coefficient (Wildman–Crippen LogP) is 1.17. The second-order valence-corrected chi connectivity index (χ2v) is 5.66. The van der Waals surface area contributed by atoms with Gasteiger partial charge in [-0.2, -0.15) is 0 Å². The molecule has 0 bridgehead atoms. The third-order valence-corrected chi connectivity index (χ3v) is 3.35. The molecule has 8 nitrogen and oxygen atoms in total. The van der Waals surface area contributed by atoms with Crippen molar-refractivity contribution >= 4 is 17.4 Å². The number of benzene rings is 1. The van der Waals surface area contributed by atoms with Crippen LogP contribution in [0.15, 0.2) is 41.3 Å². The third-order valence-electron chi connectivity index (χ3n) is 3.35. The molecule has 3 rings (SSSR count). The molecule has 0 spiro atoms. The second-order valence-electron chi connectivity index (χ2n) is 5.66. The van der Waals surface area contributed by atoms with Gasteiger partial charge in [0.2, 0.25) is 5.65 Å². The average Bonchev–Trinajstić information content (AvgIpc) is 2.95. The van der Waals surface area contributed by atoms with Gasteiger partial charge in [0.15, 0.2) is 5.82 Å². The summed E-state index contributed by atoms with van der Waals surface area (Å²) in [4.78, 5) is 28.5. The van der Waals surface area contributed by atoms with E-state index in [1.807, 2.05) is 44.2 Å². The SMILES string of the molecule is CC(C)Nc1nc(C(=O)NCc2ccccc2)cn2c(=O)[nH]nc12. The monoisotopic (exact) mass is 326 g/mol. The molecule has 24 heavy (non-hydrogen) atoms. The molecule has 1 aromatic carbocycles. The Balaban J connectivity index is 1.89. The number of aromatic amines is 1. The van der Waals surface area contributed by atoms with Crippen molar-refractivity contribution in [3.05, 3.63) is 58.3 Å². The van der Waals surface area contributed by atoms with Crippen molar-refractivity contribution in [2.45, 2.75) is 26.4 Å². The number of H-pyrrole nitrogens is 1. The summed E-state index contributed by atoms with van der Waals surface area (Å²) in [5.41, 5.74) is 1.06. The van der Waals surface area contributed by atoms with Crippen molar-refractivity contribution in [2.24, 2.45) is 0 Å². The Morgan fingerprint density at radius 2 is 2.04 bits per heavy atom. The van der Waals surface area contributed by atoms with E-state index in [1.54, 1.807) is 0 Å². The average molecular weight is 326 g/mol. The standard InChI is InChI=1S/C16H18N6O2/c1-10(2)18-13-14-20-21-16(24)22(14)9-12(19-13)15(23)17-8-11-6-4-3-5-7-11/h3-7,9-10H,8H2,1-2H3,(H,17,23)(H,18,19)(H,21,24). The van der Waals surface area contributed by atoms with Crippen molar-refractivity contribution in [1.29, 1.82) is 0 Å². The molecule has 0 radical (unpaired) electrons. The number of carbonyl (C=O) groups is 1. The highest BCUT2D eigenvalue weighted by molar-refractivity contribution is 5.93. The van der Waals surface area contributed by atoms with Gasteiger partial charge >= 0.3 is 5.69 Å². The number of fused-ring (bicyclic) bond motifs is 1. The van der Waals surface area contributed by atoms with E-state index >= 15 is 0 Å². The quantitative estimate of drug-likeness (QED) is 0.653. The Morgan fingerprint density at radius 1 is 1.29 bits per heavy atom. The van der Waals surface area contributed by atoms with E-state index in [1.165, 1.54) is 10.6 Å². The smallest absolute Gasteiger partial charge is 0.347 e. The van der Waals surface area contributed by atoms with E-state index in [2.05, 4.69) is 25.8 Å². The fraction of sp³-hybridized carbons (Fsp3) is 0.250. The zero-order chi connectivity index (χ0) is 17.1. The molecule has 2 aromatic heterocycles. The van der Waals surface area contributed by atoms with Crippen molar-refractivity contribution in [1.82, 2.24) is 24.9 Å². The summed E-state index contributed by atoms with van der Waals surface area (Å²) in [5.74, 6) is 0.0244. The molecule has 1 amide bonds. The Labute approximate surface area is 137 Å². The van der Waals surface area contributed by atoms with Gasteiger partial charge in [0.05, 0.1) is 0 Å². The highest BCUT2D eigenvalue weighted by atomic mass is 16.2. The number of hydrogen-bond donors (Lipinski definition) is 3. The van der Waals surface area contributed by atoms with E-state index < -0.39 is 5.69 Å². The summed E-state index contributed by atoms with van der Waals surface area (Å²) < 4.78 is 1.27. The minimum atomic E-state index is -0.420. The maximum atomic E-state index is 12.4. The molecule has 0 unspecified atom stereocenters. The Bertz CT molecular complexity index is 913.